The second-order valence-electron chi connectivity index (χ2n) is 8.01. The first-order valence-corrected chi connectivity index (χ1v) is 11.8. The van der Waals surface area contributed by atoms with Crippen LogP contribution in [0.3, 0.4) is 0 Å². The van der Waals surface area contributed by atoms with Gasteiger partial charge in [-0.25, -0.2) is 4.98 Å². The van der Waals surface area contributed by atoms with Crippen molar-refractivity contribution < 1.29 is 9.32 Å². The predicted octanol–water partition coefficient (Wildman–Crippen LogP) is 5.35. The first-order chi connectivity index (χ1) is 16.2. The Balaban J connectivity index is 1.16. The monoisotopic (exact) mass is 456 g/mol. The fraction of sp³-hybridized carbons (Fsp3) is 0.192. The number of thiazole rings is 1. The molecule has 0 atom stereocenters. The second kappa shape index (κ2) is 9.42. The van der Waals surface area contributed by atoms with Gasteiger partial charge >= 0.3 is 0 Å². The Bertz CT molecular complexity index is 1360. The first-order valence-electron chi connectivity index (χ1n) is 10.9. The number of hydrogen-bond donors (Lipinski definition) is 0. The molecule has 0 spiro atoms. The van der Waals surface area contributed by atoms with Crippen LogP contribution < -0.4 is 0 Å². The van der Waals surface area contributed by atoms with Crippen molar-refractivity contribution in [2.75, 3.05) is 13.6 Å². The molecular weight excluding hydrogens is 432 g/mol. The molecule has 0 saturated heterocycles. The number of hydrogen-bond acceptors (Lipinski definition) is 5. The van der Waals surface area contributed by atoms with E-state index in [1.54, 1.807) is 16.2 Å². The quantitative estimate of drug-likeness (QED) is 0.316. The topological polar surface area (TPSA) is 63.6 Å². The van der Waals surface area contributed by atoms with Crippen molar-refractivity contribution in [2.45, 2.75) is 19.3 Å². The van der Waals surface area contributed by atoms with Crippen molar-refractivity contribution in [1.82, 2.24) is 19.4 Å². The Hall–Kier alpha value is -3.71. The van der Waals surface area contributed by atoms with Gasteiger partial charge < -0.3 is 9.42 Å². The van der Waals surface area contributed by atoms with Gasteiger partial charge in [0.25, 0.3) is 0 Å². The van der Waals surface area contributed by atoms with Crippen LogP contribution in [0.1, 0.15) is 17.9 Å². The van der Waals surface area contributed by atoms with E-state index in [2.05, 4.69) is 5.16 Å². The molecule has 7 heteroatoms. The van der Waals surface area contributed by atoms with Gasteiger partial charge in [0.1, 0.15) is 11.5 Å². The molecule has 3 heterocycles. The molecule has 33 heavy (non-hydrogen) atoms. The summed E-state index contributed by atoms with van der Waals surface area (Å²) in [7, 11) is 1.85. The lowest BCUT2D eigenvalue weighted by atomic mass is 10.1. The zero-order valence-corrected chi connectivity index (χ0v) is 19.2. The molecule has 0 N–H and O–H groups in total. The molecule has 166 valence electrons. The summed E-state index contributed by atoms with van der Waals surface area (Å²) in [5, 5.41) is 6.18. The summed E-state index contributed by atoms with van der Waals surface area (Å²) in [4.78, 5) is 20.2. The average Bonchev–Trinajstić information content (AvgIpc) is 3.58. The summed E-state index contributed by atoms with van der Waals surface area (Å²) in [5.74, 6) is 0.924. The van der Waals surface area contributed by atoms with Crippen LogP contribution in [0.4, 0.5) is 0 Å². The maximum absolute atomic E-state index is 12.8. The number of likely N-dealkylation sites (N-methyl/N-ethyl adjacent to an activating group) is 1. The van der Waals surface area contributed by atoms with Gasteiger partial charge in [0.2, 0.25) is 5.91 Å². The van der Waals surface area contributed by atoms with E-state index in [9.17, 15) is 4.79 Å². The van der Waals surface area contributed by atoms with Crippen molar-refractivity contribution in [2.24, 2.45) is 0 Å². The third-order valence-electron chi connectivity index (χ3n) is 5.66. The van der Waals surface area contributed by atoms with E-state index in [4.69, 9.17) is 9.51 Å². The molecule has 0 aliphatic rings. The van der Waals surface area contributed by atoms with Gasteiger partial charge in [0.15, 0.2) is 4.96 Å². The summed E-state index contributed by atoms with van der Waals surface area (Å²) in [6.07, 6.45) is 3.91. The summed E-state index contributed by atoms with van der Waals surface area (Å²) >= 11 is 1.56. The third kappa shape index (κ3) is 4.73. The Morgan fingerprint density at radius 3 is 2.45 bits per heavy atom. The van der Waals surface area contributed by atoms with E-state index in [1.165, 1.54) is 0 Å². The molecule has 0 aliphatic carbocycles. The molecule has 3 aromatic heterocycles. The average molecular weight is 457 g/mol. The summed E-state index contributed by atoms with van der Waals surface area (Å²) in [6, 6.07) is 22.0. The van der Waals surface area contributed by atoms with Crippen LogP contribution in [-0.2, 0) is 17.6 Å². The van der Waals surface area contributed by atoms with Crippen LogP contribution in [0.25, 0.3) is 27.5 Å². The van der Waals surface area contributed by atoms with Crippen LogP contribution in [0.5, 0.6) is 0 Å². The van der Waals surface area contributed by atoms with E-state index >= 15 is 0 Å². The van der Waals surface area contributed by atoms with Crippen LogP contribution in [0.2, 0.25) is 0 Å². The van der Waals surface area contributed by atoms with Gasteiger partial charge in [-0.3, -0.25) is 9.20 Å². The number of nitrogens with zero attached hydrogens (tertiary/aromatic N) is 4. The predicted molar refractivity (Wildman–Crippen MR) is 130 cm³/mol. The summed E-state index contributed by atoms with van der Waals surface area (Å²) < 4.78 is 7.50. The highest BCUT2D eigenvalue weighted by Crippen LogP contribution is 2.24. The Morgan fingerprint density at radius 2 is 1.73 bits per heavy atom. The minimum Gasteiger partial charge on any atom is -0.361 e. The second-order valence-corrected chi connectivity index (χ2v) is 8.85. The van der Waals surface area contributed by atoms with Gasteiger partial charge in [0.05, 0.1) is 12.1 Å². The minimum absolute atomic E-state index is 0.0900. The number of fused-ring (bicyclic) bond motifs is 1. The van der Waals surface area contributed by atoms with E-state index in [-0.39, 0.29) is 5.91 Å². The molecule has 5 aromatic rings. The Morgan fingerprint density at radius 1 is 1.03 bits per heavy atom. The van der Waals surface area contributed by atoms with Crippen LogP contribution in [0.15, 0.2) is 82.8 Å². The van der Waals surface area contributed by atoms with E-state index in [1.807, 2.05) is 89.8 Å². The van der Waals surface area contributed by atoms with Crippen molar-refractivity contribution in [1.29, 1.82) is 0 Å². The lowest BCUT2D eigenvalue weighted by molar-refractivity contribution is -0.129. The van der Waals surface area contributed by atoms with Crippen LogP contribution in [0, 0.1) is 0 Å². The minimum atomic E-state index is 0.0900. The summed E-state index contributed by atoms with van der Waals surface area (Å²) in [6.45, 7) is 0.659. The molecule has 0 fully saturated rings. The van der Waals surface area contributed by atoms with E-state index < -0.39 is 0 Å². The van der Waals surface area contributed by atoms with Gasteiger partial charge in [-0.2, -0.15) is 0 Å². The maximum Gasteiger partial charge on any atom is 0.228 e. The highest BCUT2D eigenvalue weighted by Gasteiger charge is 2.15. The Labute approximate surface area is 196 Å². The van der Waals surface area contributed by atoms with E-state index in [0.29, 0.717) is 13.0 Å². The van der Waals surface area contributed by atoms with Gasteiger partial charge in [-0.1, -0.05) is 65.8 Å². The molecule has 0 radical (unpaired) electrons. The number of aromatic nitrogens is 3. The smallest absolute Gasteiger partial charge is 0.228 e. The number of amides is 1. The van der Waals surface area contributed by atoms with Crippen molar-refractivity contribution >= 4 is 22.2 Å². The molecule has 2 aromatic carbocycles. The zero-order valence-electron chi connectivity index (χ0n) is 18.3. The number of rotatable bonds is 8. The number of carbonyl (C=O) groups is 1. The molecule has 6 nitrogen and oxygen atoms in total. The number of aryl methyl sites for hydroxylation is 1. The maximum atomic E-state index is 12.8. The number of carbonyl (C=O) groups excluding carboxylic acids is 1. The third-order valence-corrected chi connectivity index (χ3v) is 6.54. The standard InChI is InChI=1S/C26H24N4O2S/c1-29(14-8-13-22-16-23(28-32-22)19-9-4-2-5-10-19)25(31)15-21-18-33-26-27-24(17-30(21)26)20-11-6-3-7-12-20/h2-7,9-12,16-18H,8,13-15H2,1H3. The molecule has 0 unspecified atom stereocenters. The van der Waals surface area contributed by atoms with Crippen molar-refractivity contribution in [3.63, 3.8) is 0 Å². The van der Waals surface area contributed by atoms with Gasteiger partial charge in [-0.05, 0) is 6.42 Å². The normalized spacial score (nSPS) is 11.2. The lowest BCUT2D eigenvalue weighted by Gasteiger charge is -2.16. The fourth-order valence-corrected chi connectivity index (χ4v) is 4.66. The van der Waals surface area contributed by atoms with Gasteiger partial charge in [0, 0.05) is 54.5 Å². The molecular formula is C26H24N4O2S. The molecule has 1 amide bonds. The number of benzene rings is 2. The molecule has 5 rings (SSSR count). The van der Waals surface area contributed by atoms with Crippen LogP contribution in [-0.4, -0.2) is 38.9 Å². The van der Waals surface area contributed by atoms with Gasteiger partial charge in [-0.15, -0.1) is 11.3 Å². The van der Waals surface area contributed by atoms with E-state index in [0.717, 1.165) is 51.8 Å². The number of imidazole rings is 1. The highest BCUT2D eigenvalue weighted by atomic mass is 32.1. The molecule has 0 bridgehead atoms. The van der Waals surface area contributed by atoms with Crippen LogP contribution >= 0.6 is 11.3 Å². The fourth-order valence-electron chi connectivity index (χ4n) is 3.79. The largest absolute Gasteiger partial charge is 0.361 e. The molecule has 0 aliphatic heterocycles. The molecule has 0 saturated carbocycles. The lowest BCUT2D eigenvalue weighted by Crippen LogP contribution is -2.29. The zero-order chi connectivity index (χ0) is 22.6. The summed E-state index contributed by atoms with van der Waals surface area (Å²) in [5.41, 5.74) is 4.84. The van der Waals surface area contributed by atoms with Crippen molar-refractivity contribution in [3.8, 4) is 22.5 Å². The SMILES string of the molecule is CN(CCCc1cc(-c2ccccc2)no1)C(=O)Cc1csc2nc(-c3ccccc3)cn12. The van der Waals surface area contributed by atoms with Crippen molar-refractivity contribution in [3.05, 3.63) is 89.8 Å². The highest BCUT2D eigenvalue weighted by molar-refractivity contribution is 7.15. The first kappa shape index (κ1) is 21.2. The Kier molecular flexibility index (Phi) is 6.04.